The molecule has 1 N–H and O–H groups in total. The fraction of sp³-hybridized carbons (Fsp3) is 1.00. The van der Waals surface area contributed by atoms with Gasteiger partial charge >= 0.3 is 0 Å². The zero-order chi connectivity index (χ0) is 10.6. The molecule has 0 atom stereocenters. The Hall–Kier alpha value is -0.0800. The third-order valence-corrected chi connectivity index (χ3v) is 2.89. The molecule has 2 nitrogen and oxygen atoms in total. The highest BCUT2D eigenvalue weighted by Gasteiger charge is 2.29. The van der Waals surface area contributed by atoms with E-state index in [1.807, 2.05) is 7.05 Å². The lowest BCUT2D eigenvalue weighted by molar-refractivity contribution is -0.0373. The largest absolute Gasteiger partial charge is 0.378 e. The maximum Gasteiger partial charge on any atom is 0.0581 e. The minimum Gasteiger partial charge on any atom is -0.378 e. The van der Waals surface area contributed by atoms with Gasteiger partial charge in [-0.1, -0.05) is 20.8 Å². The smallest absolute Gasteiger partial charge is 0.0581 e. The lowest BCUT2D eigenvalue weighted by Crippen LogP contribution is -2.37. The topological polar surface area (TPSA) is 21.3 Å². The molecule has 0 unspecified atom stereocenters. The first-order valence-corrected chi connectivity index (χ1v) is 5.77. The zero-order valence-electron chi connectivity index (χ0n) is 10.1. The van der Waals surface area contributed by atoms with E-state index in [-0.39, 0.29) is 0 Å². The number of ether oxygens (including phenoxy) is 1. The van der Waals surface area contributed by atoms with E-state index in [9.17, 15) is 0 Å². The second-order valence-electron chi connectivity index (χ2n) is 5.70. The maximum atomic E-state index is 5.80. The third-order valence-electron chi connectivity index (χ3n) is 2.89. The molecule has 0 saturated heterocycles. The molecule has 0 bridgehead atoms. The molecule has 84 valence electrons. The normalized spacial score (nSPS) is 27.4. The molecule has 1 fully saturated rings. The van der Waals surface area contributed by atoms with Gasteiger partial charge in [0.05, 0.1) is 6.10 Å². The SMILES string of the molecule is CNCC1CC(OCCC(C)(C)C)C1. The van der Waals surface area contributed by atoms with Crippen molar-refractivity contribution in [2.24, 2.45) is 11.3 Å². The Morgan fingerprint density at radius 2 is 1.93 bits per heavy atom. The minimum atomic E-state index is 0.411. The quantitative estimate of drug-likeness (QED) is 0.734. The van der Waals surface area contributed by atoms with Crippen LogP contribution in [0.5, 0.6) is 0 Å². The maximum absolute atomic E-state index is 5.80. The Bertz CT molecular complexity index is 156. The van der Waals surface area contributed by atoms with Gasteiger partial charge in [0.2, 0.25) is 0 Å². The summed E-state index contributed by atoms with van der Waals surface area (Å²) in [6.07, 6.45) is 4.23. The summed E-state index contributed by atoms with van der Waals surface area (Å²) < 4.78 is 5.80. The molecular weight excluding hydrogens is 174 g/mol. The summed E-state index contributed by atoms with van der Waals surface area (Å²) in [6.45, 7) is 8.88. The molecule has 2 heteroatoms. The van der Waals surface area contributed by atoms with Crippen molar-refractivity contribution in [3.05, 3.63) is 0 Å². The van der Waals surface area contributed by atoms with Crippen molar-refractivity contribution < 1.29 is 4.74 Å². The summed E-state index contributed by atoms with van der Waals surface area (Å²) in [6, 6.07) is 0. The molecule has 0 aliphatic heterocycles. The van der Waals surface area contributed by atoms with Crippen LogP contribution in [0.2, 0.25) is 0 Å². The van der Waals surface area contributed by atoms with Crippen molar-refractivity contribution >= 4 is 0 Å². The highest BCUT2D eigenvalue weighted by atomic mass is 16.5. The van der Waals surface area contributed by atoms with Crippen molar-refractivity contribution in [2.75, 3.05) is 20.2 Å². The van der Waals surface area contributed by atoms with Gasteiger partial charge in [-0.2, -0.15) is 0 Å². The average Bonchev–Trinajstić information content (AvgIpc) is 1.97. The summed E-state index contributed by atoms with van der Waals surface area (Å²) in [7, 11) is 2.02. The van der Waals surface area contributed by atoms with Gasteiger partial charge in [-0.25, -0.2) is 0 Å². The summed E-state index contributed by atoms with van der Waals surface area (Å²) in [5, 5.41) is 3.21. The molecule has 0 radical (unpaired) electrons. The molecule has 1 aliphatic carbocycles. The zero-order valence-corrected chi connectivity index (χ0v) is 10.1. The molecule has 0 amide bonds. The Balaban J connectivity index is 1.96. The van der Waals surface area contributed by atoms with Crippen molar-refractivity contribution in [2.45, 2.75) is 46.1 Å². The van der Waals surface area contributed by atoms with E-state index < -0.39 is 0 Å². The second-order valence-corrected chi connectivity index (χ2v) is 5.70. The predicted molar refractivity (Wildman–Crippen MR) is 60.5 cm³/mol. The molecule has 0 aromatic rings. The third kappa shape index (κ3) is 4.43. The molecule has 14 heavy (non-hydrogen) atoms. The summed E-state index contributed by atoms with van der Waals surface area (Å²) in [5.41, 5.74) is 0.411. The van der Waals surface area contributed by atoms with Gasteiger partial charge in [0.25, 0.3) is 0 Å². The molecular formula is C12H25NO. The number of nitrogens with one attached hydrogen (secondary N) is 1. The van der Waals surface area contributed by atoms with Gasteiger partial charge in [-0.15, -0.1) is 0 Å². The highest BCUT2D eigenvalue weighted by Crippen LogP contribution is 2.30. The monoisotopic (exact) mass is 199 g/mol. The Morgan fingerprint density at radius 1 is 1.29 bits per heavy atom. The molecule has 1 rings (SSSR count). The fourth-order valence-corrected chi connectivity index (χ4v) is 1.80. The van der Waals surface area contributed by atoms with Gasteiger partial charge in [-0.3, -0.25) is 0 Å². The lowest BCUT2D eigenvalue weighted by atomic mass is 9.82. The van der Waals surface area contributed by atoms with Crippen LogP contribution >= 0.6 is 0 Å². The Morgan fingerprint density at radius 3 is 2.43 bits per heavy atom. The molecule has 0 spiro atoms. The van der Waals surface area contributed by atoms with Crippen molar-refractivity contribution in [1.29, 1.82) is 0 Å². The van der Waals surface area contributed by atoms with E-state index >= 15 is 0 Å². The predicted octanol–water partition coefficient (Wildman–Crippen LogP) is 2.44. The summed E-state index contributed by atoms with van der Waals surface area (Å²) >= 11 is 0. The Labute approximate surface area is 88.4 Å². The van der Waals surface area contributed by atoms with Gasteiger partial charge in [0.15, 0.2) is 0 Å². The first-order valence-electron chi connectivity index (χ1n) is 5.77. The first kappa shape index (κ1) is 12.0. The van der Waals surface area contributed by atoms with Crippen LogP contribution in [0, 0.1) is 11.3 Å². The van der Waals surface area contributed by atoms with Gasteiger partial charge in [-0.05, 0) is 44.2 Å². The number of rotatable bonds is 5. The molecule has 0 heterocycles. The fourth-order valence-electron chi connectivity index (χ4n) is 1.80. The first-order chi connectivity index (χ1) is 6.51. The van der Waals surface area contributed by atoms with E-state index in [1.54, 1.807) is 0 Å². The molecule has 1 saturated carbocycles. The standard InChI is InChI=1S/C12H25NO/c1-12(2,3)5-6-14-11-7-10(8-11)9-13-4/h10-11,13H,5-9H2,1-4H3. The Kier molecular flexibility index (Phi) is 4.39. The van der Waals surface area contributed by atoms with Gasteiger partial charge in [0, 0.05) is 6.61 Å². The van der Waals surface area contributed by atoms with Crippen LogP contribution in [-0.4, -0.2) is 26.3 Å². The van der Waals surface area contributed by atoms with Crippen LogP contribution in [-0.2, 0) is 4.74 Å². The van der Waals surface area contributed by atoms with E-state index in [1.165, 1.54) is 19.3 Å². The summed E-state index contributed by atoms with van der Waals surface area (Å²) in [4.78, 5) is 0. The molecule has 1 aliphatic rings. The van der Waals surface area contributed by atoms with E-state index in [0.29, 0.717) is 11.5 Å². The van der Waals surface area contributed by atoms with Crippen molar-refractivity contribution in [1.82, 2.24) is 5.32 Å². The minimum absolute atomic E-state index is 0.411. The van der Waals surface area contributed by atoms with Crippen LogP contribution in [0.25, 0.3) is 0 Å². The van der Waals surface area contributed by atoms with Crippen LogP contribution < -0.4 is 5.32 Å². The van der Waals surface area contributed by atoms with E-state index in [0.717, 1.165) is 19.1 Å². The number of hydrogen-bond acceptors (Lipinski definition) is 2. The van der Waals surface area contributed by atoms with Gasteiger partial charge < -0.3 is 10.1 Å². The highest BCUT2D eigenvalue weighted by molar-refractivity contribution is 4.81. The second kappa shape index (κ2) is 5.13. The van der Waals surface area contributed by atoms with Crippen molar-refractivity contribution in [3.63, 3.8) is 0 Å². The van der Waals surface area contributed by atoms with Crippen LogP contribution in [0.3, 0.4) is 0 Å². The molecule has 0 aromatic heterocycles. The van der Waals surface area contributed by atoms with Crippen molar-refractivity contribution in [3.8, 4) is 0 Å². The van der Waals surface area contributed by atoms with Crippen LogP contribution in [0.4, 0.5) is 0 Å². The van der Waals surface area contributed by atoms with Crippen LogP contribution in [0.15, 0.2) is 0 Å². The molecule has 0 aromatic carbocycles. The van der Waals surface area contributed by atoms with Crippen LogP contribution in [0.1, 0.15) is 40.0 Å². The van der Waals surface area contributed by atoms with E-state index in [4.69, 9.17) is 4.74 Å². The van der Waals surface area contributed by atoms with Gasteiger partial charge in [0.1, 0.15) is 0 Å². The number of hydrogen-bond donors (Lipinski definition) is 1. The lowest BCUT2D eigenvalue weighted by Gasteiger charge is -2.35. The summed E-state index contributed by atoms with van der Waals surface area (Å²) in [5.74, 6) is 0.861. The average molecular weight is 199 g/mol. The van der Waals surface area contributed by atoms with E-state index in [2.05, 4.69) is 26.1 Å².